The third-order valence-electron chi connectivity index (χ3n) is 5.68. The molecule has 0 bridgehead atoms. The molecule has 1 saturated carbocycles. The number of hydrogen-bond acceptors (Lipinski definition) is 4. The Morgan fingerprint density at radius 2 is 1.79 bits per heavy atom. The molecule has 4 rings (SSSR count). The van der Waals surface area contributed by atoms with Crippen molar-refractivity contribution in [2.45, 2.75) is 51.4 Å². The molecule has 28 heavy (non-hydrogen) atoms. The van der Waals surface area contributed by atoms with E-state index in [2.05, 4.69) is 22.4 Å². The van der Waals surface area contributed by atoms with Crippen LogP contribution in [0, 0.1) is 5.92 Å². The van der Waals surface area contributed by atoms with Gasteiger partial charge in [0.05, 0.1) is 0 Å². The first-order valence-electron chi connectivity index (χ1n) is 10.7. The summed E-state index contributed by atoms with van der Waals surface area (Å²) in [6.07, 6.45) is 11.1. The first kappa shape index (κ1) is 19.0. The Hall–Kier alpha value is -2.33. The van der Waals surface area contributed by atoms with Crippen LogP contribution in [0.15, 0.2) is 52.9 Å². The molecule has 1 aliphatic carbocycles. The van der Waals surface area contributed by atoms with Crippen molar-refractivity contribution in [1.29, 1.82) is 0 Å². The minimum Gasteiger partial charge on any atom is -0.411 e. The topological polar surface area (TPSA) is 47.3 Å². The molecule has 3 aromatic rings. The molecule has 4 heteroatoms. The molecule has 1 aliphatic rings. The third-order valence-corrected chi connectivity index (χ3v) is 5.68. The largest absolute Gasteiger partial charge is 0.411 e. The molecule has 4 nitrogen and oxygen atoms in total. The van der Waals surface area contributed by atoms with Gasteiger partial charge in [0.1, 0.15) is 11.3 Å². The Bertz CT molecular complexity index is 817. The van der Waals surface area contributed by atoms with E-state index in [9.17, 15) is 0 Å². The van der Waals surface area contributed by atoms with Crippen molar-refractivity contribution in [1.82, 2.24) is 10.3 Å². The van der Waals surface area contributed by atoms with Gasteiger partial charge in [-0.15, -0.1) is 0 Å². The molecule has 1 fully saturated rings. The van der Waals surface area contributed by atoms with E-state index in [0.717, 1.165) is 42.2 Å². The monoisotopic (exact) mass is 378 g/mol. The normalized spacial score (nSPS) is 15.1. The maximum atomic E-state index is 5.74. The minimum atomic E-state index is 0.288. The van der Waals surface area contributed by atoms with Crippen LogP contribution in [-0.4, -0.2) is 18.1 Å². The van der Waals surface area contributed by atoms with Gasteiger partial charge in [-0.25, -0.2) is 0 Å². The molecule has 1 N–H and O–H groups in total. The van der Waals surface area contributed by atoms with E-state index in [4.69, 9.17) is 9.15 Å². The molecule has 2 aromatic carbocycles. The summed E-state index contributed by atoms with van der Waals surface area (Å²) in [5, 5.41) is 3.61. The maximum absolute atomic E-state index is 5.74. The van der Waals surface area contributed by atoms with Gasteiger partial charge in [-0.05, 0) is 68.1 Å². The summed E-state index contributed by atoms with van der Waals surface area (Å²) in [7, 11) is 0. The van der Waals surface area contributed by atoms with Crippen molar-refractivity contribution >= 4 is 11.1 Å². The number of nitrogens with zero attached hydrogens (tertiary/aromatic N) is 1. The number of hydrogen-bond donors (Lipinski definition) is 1. The second kappa shape index (κ2) is 9.74. The smallest absolute Gasteiger partial charge is 0.400 e. The lowest BCUT2D eigenvalue weighted by molar-refractivity contribution is 0.334. The Morgan fingerprint density at radius 3 is 2.61 bits per heavy atom. The zero-order valence-corrected chi connectivity index (χ0v) is 16.5. The minimum absolute atomic E-state index is 0.288. The number of nitrogens with one attached hydrogen (secondary N) is 1. The van der Waals surface area contributed by atoms with Crippen molar-refractivity contribution in [2.24, 2.45) is 5.92 Å². The summed E-state index contributed by atoms with van der Waals surface area (Å²) in [4.78, 5) is 4.35. The number of para-hydroxylation sites is 2. The van der Waals surface area contributed by atoms with Crippen LogP contribution < -0.4 is 10.1 Å². The maximum Gasteiger partial charge on any atom is 0.400 e. The van der Waals surface area contributed by atoms with Crippen molar-refractivity contribution in [3.63, 3.8) is 0 Å². The molecule has 0 aliphatic heterocycles. The predicted octanol–water partition coefficient (Wildman–Crippen LogP) is 6.11. The van der Waals surface area contributed by atoms with Gasteiger partial charge >= 0.3 is 6.08 Å². The summed E-state index contributed by atoms with van der Waals surface area (Å²) < 4.78 is 11.4. The molecular formula is C24H30N2O2. The standard InChI is InChI=1S/C24H30N2O2/c1-2-7-19(8-3-1)16-18-25-17-6-9-20-12-14-21(15-13-20)27-24-26-22-10-4-5-11-23(22)28-24/h4-5,10-15,19,25H,1-3,6-9,16-18H2. The van der Waals surface area contributed by atoms with Crippen molar-refractivity contribution < 1.29 is 9.15 Å². The van der Waals surface area contributed by atoms with Gasteiger partial charge in [-0.2, -0.15) is 4.98 Å². The van der Waals surface area contributed by atoms with Gasteiger partial charge in [0.15, 0.2) is 5.58 Å². The van der Waals surface area contributed by atoms with Crippen LogP contribution in [0.4, 0.5) is 0 Å². The van der Waals surface area contributed by atoms with E-state index in [1.54, 1.807) is 0 Å². The quantitative estimate of drug-likeness (QED) is 0.456. The number of oxazole rings is 1. The van der Waals surface area contributed by atoms with Gasteiger partial charge in [0.2, 0.25) is 0 Å². The summed E-state index contributed by atoms with van der Waals surface area (Å²) in [5.74, 6) is 1.72. The SMILES string of the molecule is c1ccc2oc(Oc3ccc(CCCNCCC4CCCCC4)cc3)nc2c1. The molecule has 0 atom stereocenters. The van der Waals surface area contributed by atoms with Crippen LogP contribution >= 0.6 is 0 Å². The van der Waals surface area contributed by atoms with Crippen molar-refractivity contribution in [3.05, 3.63) is 54.1 Å². The van der Waals surface area contributed by atoms with Gasteiger partial charge < -0.3 is 14.5 Å². The van der Waals surface area contributed by atoms with Crippen LogP contribution in [0.2, 0.25) is 0 Å². The Morgan fingerprint density at radius 1 is 0.964 bits per heavy atom. The lowest BCUT2D eigenvalue weighted by atomic mass is 9.87. The number of ether oxygens (including phenoxy) is 1. The fourth-order valence-electron chi connectivity index (χ4n) is 4.04. The second-order valence-electron chi connectivity index (χ2n) is 7.84. The van der Waals surface area contributed by atoms with Crippen molar-refractivity contribution in [3.8, 4) is 11.8 Å². The van der Waals surface area contributed by atoms with E-state index in [1.807, 2.05) is 36.4 Å². The first-order valence-corrected chi connectivity index (χ1v) is 10.7. The number of benzene rings is 2. The number of rotatable bonds is 9. The van der Waals surface area contributed by atoms with Gasteiger partial charge in [-0.1, -0.05) is 56.4 Å². The van der Waals surface area contributed by atoms with E-state index in [1.165, 1.54) is 50.6 Å². The van der Waals surface area contributed by atoms with E-state index < -0.39 is 0 Å². The Labute approximate surface area is 167 Å². The molecule has 0 radical (unpaired) electrons. The fraction of sp³-hybridized carbons (Fsp3) is 0.458. The van der Waals surface area contributed by atoms with Crippen LogP contribution in [0.5, 0.6) is 11.8 Å². The highest BCUT2D eigenvalue weighted by molar-refractivity contribution is 5.72. The highest BCUT2D eigenvalue weighted by Crippen LogP contribution is 2.26. The number of fused-ring (bicyclic) bond motifs is 1. The van der Waals surface area contributed by atoms with Crippen LogP contribution in [-0.2, 0) is 6.42 Å². The summed E-state index contributed by atoms with van der Waals surface area (Å²) >= 11 is 0. The van der Waals surface area contributed by atoms with Gasteiger partial charge in [0.25, 0.3) is 0 Å². The fourth-order valence-corrected chi connectivity index (χ4v) is 4.04. The molecule has 148 valence electrons. The van der Waals surface area contributed by atoms with Crippen LogP contribution in [0.3, 0.4) is 0 Å². The number of aryl methyl sites for hydroxylation is 1. The Balaban J connectivity index is 1.16. The highest BCUT2D eigenvalue weighted by Gasteiger charge is 2.12. The van der Waals surface area contributed by atoms with E-state index >= 15 is 0 Å². The third kappa shape index (κ3) is 5.35. The molecule has 0 unspecified atom stereocenters. The zero-order chi connectivity index (χ0) is 19.0. The first-order chi connectivity index (χ1) is 13.9. The summed E-state index contributed by atoms with van der Waals surface area (Å²) in [6.45, 7) is 2.26. The van der Waals surface area contributed by atoms with Gasteiger partial charge in [0, 0.05) is 0 Å². The van der Waals surface area contributed by atoms with Crippen LogP contribution in [0.25, 0.3) is 11.1 Å². The van der Waals surface area contributed by atoms with Crippen molar-refractivity contribution in [2.75, 3.05) is 13.1 Å². The molecule has 0 saturated heterocycles. The average molecular weight is 379 g/mol. The highest BCUT2D eigenvalue weighted by atomic mass is 16.6. The predicted molar refractivity (Wildman–Crippen MR) is 113 cm³/mol. The molecule has 0 amide bonds. The lowest BCUT2D eigenvalue weighted by Gasteiger charge is -2.21. The van der Waals surface area contributed by atoms with E-state index in [-0.39, 0.29) is 6.08 Å². The lowest BCUT2D eigenvalue weighted by Crippen LogP contribution is -2.20. The van der Waals surface area contributed by atoms with E-state index in [0.29, 0.717) is 0 Å². The molecule has 1 heterocycles. The average Bonchev–Trinajstić information content (AvgIpc) is 3.15. The molecule has 0 spiro atoms. The summed E-state index contributed by atoms with van der Waals surface area (Å²) in [5.41, 5.74) is 2.88. The molecule has 1 aromatic heterocycles. The molecular weight excluding hydrogens is 348 g/mol. The Kier molecular flexibility index (Phi) is 6.61. The zero-order valence-electron chi connectivity index (χ0n) is 16.5. The van der Waals surface area contributed by atoms with Crippen LogP contribution in [0.1, 0.15) is 50.5 Å². The van der Waals surface area contributed by atoms with Gasteiger partial charge in [-0.3, -0.25) is 0 Å². The summed E-state index contributed by atoms with van der Waals surface area (Å²) in [6, 6.07) is 15.9. The number of aromatic nitrogens is 1. The second-order valence-corrected chi connectivity index (χ2v) is 7.84.